The molecule has 0 radical (unpaired) electrons. The van der Waals surface area contributed by atoms with Gasteiger partial charge in [-0.2, -0.15) is 0 Å². The van der Waals surface area contributed by atoms with Crippen LogP contribution in [-0.2, 0) is 17.9 Å². The normalized spacial score (nSPS) is 24.7. The van der Waals surface area contributed by atoms with E-state index in [-0.39, 0.29) is 18.6 Å². The lowest BCUT2D eigenvalue weighted by Gasteiger charge is -2.44. The summed E-state index contributed by atoms with van der Waals surface area (Å²) in [4.78, 5) is 32.1. The molecular formula is C31H38N4O4. The molecule has 1 N–H and O–H groups in total. The second kappa shape index (κ2) is 10.2. The number of piperidine rings is 1. The highest BCUT2D eigenvalue weighted by Crippen LogP contribution is 2.36. The van der Waals surface area contributed by atoms with Crippen LogP contribution in [0.25, 0.3) is 10.9 Å². The van der Waals surface area contributed by atoms with Gasteiger partial charge in [-0.25, -0.2) is 0 Å². The molecule has 0 saturated carbocycles. The smallest absolute Gasteiger partial charge is 0.271 e. The summed E-state index contributed by atoms with van der Waals surface area (Å²) in [6.07, 6.45) is 2.17. The average Bonchev–Trinajstić information content (AvgIpc) is 3.53. The van der Waals surface area contributed by atoms with E-state index in [1.54, 1.807) is 4.90 Å². The molecule has 39 heavy (non-hydrogen) atoms. The summed E-state index contributed by atoms with van der Waals surface area (Å²) in [6.45, 7) is 11.2. The van der Waals surface area contributed by atoms with E-state index >= 15 is 0 Å². The van der Waals surface area contributed by atoms with Crippen molar-refractivity contribution in [2.24, 2.45) is 11.8 Å². The van der Waals surface area contributed by atoms with E-state index in [9.17, 15) is 9.59 Å². The van der Waals surface area contributed by atoms with Gasteiger partial charge < -0.3 is 29.2 Å². The Morgan fingerprint density at radius 2 is 1.82 bits per heavy atom. The fourth-order valence-electron chi connectivity index (χ4n) is 6.65. The zero-order chi connectivity index (χ0) is 27.1. The van der Waals surface area contributed by atoms with Gasteiger partial charge in [0, 0.05) is 37.1 Å². The number of carbonyl (C=O) groups excluding carboxylic acids is 2. The second-order valence-corrected chi connectivity index (χ2v) is 11.8. The summed E-state index contributed by atoms with van der Waals surface area (Å²) in [5, 5.41) is 4.19. The van der Waals surface area contributed by atoms with Gasteiger partial charge in [0.1, 0.15) is 11.2 Å². The predicted molar refractivity (Wildman–Crippen MR) is 150 cm³/mol. The number of nitrogens with one attached hydrogen (secondary N) is 1. The van der Waals surface area contributed by atoms with Crippen molar-refractivity contribution in [2.75, 3.05) is 33.0 Å². The largest absolute Gasteiger partial charge is 0.454 e. The quantitative estimate of drug-likeness (QED) is 0.462. The zero-order valence-corrected chi connectivity index (χ0v) is 23.1. The SMILES string of the molecule is C[C@@H]1C[C@@H](C)CN(CCCNC(=O)[C@]2(C)Cn3c(cc4ccccc43)C(=O)N2Cc2ccc3c(c2)OCO3)C1. The lowest BCUT2D eigenvalue weighted by Crippen LogP contribution is -2.63. The zero-order valence-electron chi connectivity index (χ0n) is 23.1. The van der Waals surface area contributed by atoms with Gasteiger partial charge in [-0.3, -0.25) is 9.59 Å². The van der Waals surface area contributed by atoms with Gasteiger partial charge in [0.05, 0.1) is 6.54 Å². The lowest BCUT2D eigenvalue weighted by molar-refractivity contribution is -0.133. The fourth-order valence-corrected chi connectivity index (χ4v) is 6.65. The number of carbonyl (C=O) groups is 2. The maximum absolute atomic E-state index is 14.0. The predicted octanol–water partition coefficient (Wildman–Crippen LogP) is 4.27. The highest BCUT2D eigenvalue weighted by atomic mass is 16.7. The van der Waals surface area contributed by atoms with E-state index < -0.39 is 5.54 Å². The molecule has 1 aromatic heterocycles. The molecule has 6 rings (SSSR count). The number of fused-ring (bicyclic) bond motifs is 4. The molecule has 0 bridgehead atoms. The van der Waals surface area contributed by atoms with Gasteiger partial charge in [0.25, 0.3) is 5.91 Å². The number of likely N-dealkylation sites (tertiary alicyclic amines) is 1. The first-order chi connectivity index (χ1) is 18.8. The highest BCUT2D eigenvalue weighted by Gasteiger charge is 2.47. The maximum atomic E-state index is 14.0. The number of rotatable bonds is 7. The van der Waals surface area contributed by atoms with Crippen molar-refractivity contribution in [3.63, 3.8) is 0 Å². The minimum absolute atomic E-state index is 0.125. The van der Waals surface area contributed by atoms with Gasteiger partial charge >= 0.3 is 0 Å². The molecule has 8 nitrogen and oxygen atoms in total. The number of ether oxygens (including phenoxy) is 2. The Morgan fingerprint density at radius 1 is 1.05 bits per heavy atom. The second-order valence-electron chi connectivity index (χ2n) is 11.8. The lowest BCUT2D eigenvalue weighted by atomic mass is 9.92. The molecule has 3 aliphatic heterocycles. The molecule has 8 heteroatoms. The van der Waals surface area contributed by atoms with Gasteiger partial charge in [-0.15, -0.1) is 0 Å². The van der Waals surface area contributed by atoms with Crippen LogP contribution in [0.2, 0.25) is 0 Å². The van der Waals surface area contributed by atoms with Gasteiger partial charge in [-0.1, -0.05) is 38.1 Å². The Bertz CT molecular complexity index is 1390. The summed E-state index contributed by atoms with van der Waals surface area (Å²) in [6, 6.07) is 15.6. The first kappa shape index (κ1) is 25.7. The average molecular weight is 531 g/mol. The van der Waals surface area contributed by atoms with Crippen LogP contribution >= 0.6 is 0 Å². The van der Waals surface area contributed by atoms with Crippen molar-refractivity contribution in [3.8, 4) is 11.5 Å². The number of hydrogen-bond acceptors (Lipinski definition) is 5. The van der Waals surface area contributed by atoms with Crippen molar-refractivity contribution in [1.82, 2.24) is 19.7 Å². The third-order valence-corrected chi connectivity index (χ3v) is 8.48. The molecule has 2 aromatic carbocycles. The van der Waals surface area contributed by atoms with Gasteiger partial charge in [0.15, 0.2) is 11.5 Å². The molecule has 1 saturated heterocycles. The van der Waals surface area contributed by atoms with Crippen molar-refractivity contribution in [2.45, 2.75) is 52.2 Å². The van der Waals surface area contributed by atoms with E-state index in [1.165, 1.54) is 6.42 Å². The van der Waals surface area contributed by atoms with E-state index in [4.69, 9.17) is 9.47 Å². The molecule has 3 aromatic rings. The van der Waals surface area contributed by atoms with Crippen LogP contribution < -0.4 is 14.8 Å². The summed E-state index contributed by atoms with van der Waals surface area (Å²) in [7, 11) is 0. The maximum Gasteiger partial charge on any atom is 0.271 e. The van der Waals surface area contributed by atoms with Crippen molar-refractivity contribution in [1.29, 1.82) is 0 Å². The molecule has 4 heterocycles. The van der Waals surface area contributed by atoms with Crippen LogP contribution in [0.3, 0.4) is 0 Å². The Kier molecular flexibility index (Phi) is 6.75. The molecule has 1 fully saturated rings. The van der Waals surface area contributed by atoms with E-state index in [2.05, 4.69) is 24.1 Å². The van der Waals surface area contributed by atoms with Crippen LogP contribution in [0.4, 0.5) is 0 Å². The van der Waals surface area contributed by atoms with E-state index in [0.717, 1.165) is 42.5 Å². The molecule has 2 amide bonds. The molecule has 206 valence electrons. The standard InChI is InChI=1S/C31H38N4O4/c1-21-13-22(2)17-33(16-21)12-6-11-32-30(37)31(3)19-34-25-8-5-4-7-24(25)15-26(34)29(36)35(31)18-23-9-10-27-28(14-23)39-20-38-27/h4-5,7-10,14-15,21-22H,6,11-13,16-20H2,1-3H3,(H,32,37)/t21-,22-,31+/m1/s1. The fraction of sp³-hybridized carbons (Fsp3) is 0.484. The van der Waals surface area contributed by atoms with Crippen molar-refractivity contribution in [3.05, 3.63) is 59.8 Å². The summed E-state index contributed by atoms with van der Waals surface area (Å²) in [5.41, 5.74) is 1.41. The molecule has 3 aliphatic rings. The van der Waals surface area contributed by atoms with Gasteiger partial charge in [-0.05, 0) is 68.0 Å². The number of aromatic nitrogens is 1. The van der Waals surface area contributed by atoms with Crippen LogP contribution in [0.15, 0.2) is 48.5 Å². The molecule has 0 aliphatic carbocycles. The van der Waals surface area contributed by atoms with Crippen LogP contribution in [0, 0.1) is 11.8 Å². The number of amides is 2. The monoisotopic (exact) mass is 530 g/mol. The van der Waals surface area contributed by atoms with Crippen molar-refractivity contribution < 1.29 is 19.1 Å². The third-order valence-electron chi connectivity index (χ3n) is 8.48. The van der Waals surface area contributed by atoms with Crippen LogP contribution in [0.1, 0.15) is 49.7 Å². The summed E-state index contributed by atoms with van der Waals surface area (Å²) < 4.78 is 13.0. The van der Waals surface area contributed by atoms with Crippen LogP contribution in [-0.4, -0.2) is 64.7 Å². The Labute approximate surface area is 229 Å². The van der Waals surface area contributed by atoms with Gasteiger partial charge in [0.2, 0.25) is 12.7 Å². The van der Waals surface area contributed by atoms with Crippen LogP contribution in [0.5, 0.6) is 11.5 Å². The van der Waals surface area contributed by atoms with E-state index in [0.29, 0.717) is 48.7 Å². The highest BCUT2D eigenvalue weighted by molar-refractivity contribution is 6.03. The molecule has 3 atom stereocenters. The topological polar surface area (TPSA) is 76.0 Å². The Balaban J connectivity index is 1.23. The number of para-hydroxylation sites is 1. The first-order valence-electron chi connectivity index (χ1n) is 14.1. The number of hydrogen-bond donors (Lipinski definition) is 1. The minimum Gasteiger partial charge on any atom is -0.454 e. The van der Waals surface area contributed by atoms with Crippen molar-refractivity contribution >= 4 is 22.7 Å². The number of nitrogens with zero attached hydrogens (tertiary/aromatic N) is 3. The Morgan fingerprint density at radius 3 is 2.64 bits per heavy atom. The Hall–Kier alpha value is -3.52. The van der Waals surface area contributed by atoms with E-state index in [1.807, 2.05) is 60.0 Å². The molecular weight excluding hydrogens is 492 g/mol. The third kappa shape index (κ3) is 4.86. The minimum atomic E-state index is -1.06. The summed E-state index contributed by atoms with van der Waals surface area (Å²) >= 11 is 0. The number of benzene rings is 2. The summed E-state index contributed by atoms with van der Waals surface area (Å²) in [5.74, 6) is 2.52. The molecule has 0 spiro atoms. The molecule has 0 unspecified atom stereocenters. The first-order valence-corrected chi connectivity index (χ1v) is 14.1.